The predicted octanol–water partition coefficient (Wildman–Crippen LogP) is 6.31. The van der Waals surface area contributed by atoms with Crippen molar-refractivity contribution in [2.75, 3.05) is 18.0 Å². The summed E-state index contributed by atoms with van der Waals surface area (Å²) in [5.41, 5.74) is 5.94. The summed E-state index contributed by atoms with van der Waals surface area (Å²) < 4.78 is 7.17. The van der Waals surface area contributed by atoms with Crippen LogP contribution in [-0.2, 0) is 5.41 Å². The van der Waals surface area contributed by atoms with Crippen LogP contribution in [0.4, 0.5) is 5.69 Å². The van der Waals surface area contributed by atoms with Crippen LogP contribution in [0.2, 0.25) is 0 Å². The highest BCUT2D eigenvalue weighted by Gasteiger charge is 2.40. The lowest BCUT2D eigenvalue weighted by Gasteiger charge is -2.47. The Labute approximate surface area is 185 Å². The predicted molar refractivity (Wildman–Crippen MR) is 129 cm³/mol. The molecule has 0 saturated heterocycles. The molecule has 4 nitrogen and oxygen atoms in total. The van der Waals surface area contributed by atoms with Crippen LogP contribution in [0, 0.1) is 5.92 Å². The SMILES string of the molecule is CC1CN2CCC(C)(C)c3cc4cc(-c5nc6ccccc6s5)c(=O)oc4c(c32)C1C. The quantitative estimate of drug-likeness (QED) is 0.332. The first-order chi connectivity index (χ1) is 14.8. The molecule has 2 aromatic heterocycles. The summed E-state index contributed by atoms with van der Waals surface area (Å²) in [5.74, 6) is 0.862. The van der Waals surface area contributed by atoms with Gasteiger partial charge in [-0.15, -0.1) is 11.3 Å². The lowest BCUT2D eigenvalue weighted by Crippen LogP contribution is -2.44. The van der Waals surface area contributed by atoms with Crippen LogP contribution in [0.1, 0.15) is 51.2 Å². The van der Waals surface area contributed by atoms with E-state index in [-0.39, 0.29) is 11.0 Å². The molecule has 0 bridgehead atoms. The van der Waals surface area contributed by atoms with Gasteiger partial charge in [-0.05, 0) is 53.5 Å². The third kappa shape index (κ3) is 2.72. The van der Waals surface area contributed by atoms with E-state index >= 15 is 0 Å². The van der Waals surface area contributed by atoms with Crippen molar-refractivity contribution in [3.63, 3.8) is 0 Å². The lowest BCUT2D eigenvalue weighted by molar-refractivity contribution is 0.396. The highest BCUT2D eigenvalue weighted by molar-refractivity contribution is 7.21. The fourth-order valence-electron chi connectivity index (χ4n) is 5.33. The van der Waals surface area contributed by atoms with Crippen LogP contribution in [0.5, 0.6) is 0 Å². The van der Waals surface area contributed by atoms with Gasteiger partial charge in [-0.25, -0.2) is 9.78 Å². The monoisotopic (exact) mass is 430 g/mol. The molecule has 0 spiro atoms. The minimum absolute atomic E-state index is 0.0984. The number of anilines is 1. The van der Waals surface area contributed by atoms with Gasteiger partial charge in [-0.2, -0.15) is 0 Å². The number of aromatic nitrogens is 1. The maximum Gasteiger partial charge on any atom is 0.346 e. The molecule has 31 heavy (non-hydrogen) atoms. The van der Waals surface area contributed by atoms with E-state index in [0.29, 0.717) is 17.4 Å². The molecular weight excluding hydrogens is 404 g/mol. The summed E-state index contributed by atoms with van der Waals surface area (Å²) in [6.45, 7) is 11.4. The van der Waals surface area contributed by atoms with Crippen molar-refractivity contribution in [1.82, 2.24) is 4.98 Å². The molecule has 0 aliphatic carbocycles. The molecule has 6 rings (SSSR count). The number of hydrogen-bond acceptors (Lipinski definition) is 5. The van der Waals surface area contributed by atoms with Gasteiger partial charge in [0, 0.05) is 29.7 Å². The largest absolute Gasteiger partial charge is 0.422 e. The Bertz CT molecular complexity index is 1380. The summed E-state index contributed by atoms with van der Waals surface area (Å²) >= 11 is 1.54. The number of nitrogens with zero attached hydrogens (tertiary/aromatic N) is 2. The van der Waals surface area contributed by atoms with E-state index in [1.807, 2.05) is 30.3 Å². The smallest absolute Gasteiger partial charge is 0.346 e. The second kappa shape index (κ2) is 6.42. The van der Waals surface area contributed by atoms with Crippen molar-refractivity contribution >= 4 is 38.2 Å². The van der Waals surface area contributed by atoms with Crippen molar-refractivity contribution in [3.8, 4) is 10.6 Å². The molecular formula is C26H26N2O2S. The maximum atomic E-state index is 13.1. The first-order valence-corrected chi connectivity index (χ1v) is 11.9. The van der Waals surface area contributed by atoms with E-state index in [1.165, 1.54) is 16.8 Å². The standard InChI is InChI=1S/C26H26N2O2S/c1-14-13-28-10-9-26(3,4)18-12-16-11-17(24-27-19-7-5-6-8-20(19)31-24)25(29)30-23(16)21(15(14)2)22(18)28/h5-8,11-12,14-15H,9-10,13H2,1-4H3. The van der Waals surface area contributed by atoms with Crippen molar-refractivity contribution in [2.24, 2.45) is 5.92 Å². The zero-order valence-corrected chi connectivity index (χ0v) is 19.2. The number of hydrogen-bond donors (Lipinski definition) is 0. The van der Waals surface area contributed by atoms with Gasteiger partial charge in [-0.3, -0.25) is 0 Å². The molecule has 2 aliphatic heterocycles. The van der Waals surface area contributed by atoms with Gasteiger partial charge in [0.2, 0.25) is 0 Å². The van der Waals surface area contributed by atoms with Gasteiger partial charge >= 0.3 is 5.63 Å². The minimum Gasteiger partial charge on any atom is -0.422 e. The van der Waals surface area contributed by atoms with Crippen LogP contribution in [-0.4, -0.2) is 18.1 Å². The first kappa shape index (κ1) is 19.1. The molecule has 0 amide bonds. The molecule has 158 valence electrons. The summed E-state index contributed by atoms with van der Waals surface area (Å²) in [5, 5.41) is 1.74. The van der Waals surface area contributed by atoms with Crippen LogP contribution in [0.25, 0.3) is 31.8 Å². The van der Waals surface area contributed by atoms with Crippen LogP contribution in [0.15, 0.2) is 45.6 Å². The number of benzene rings is 2. The number of thiazole rings is 1. The third-order valence-corrected chi connectivity index (χ3v) is 8.49. The summed E-state index contributed by atoms with van der Waals surface area (Å²) in [7, 11) is 0. The van der Waals surface area contributed by atoms with Gasteiger partial charge in [-0.1, -0.05) is 39.8 Å². The van der Waals surface area contributed by atoms with E-state index < -0.39 is 0 Å². The molecule has 2 aromatic carbocycles. The average Bonchev–Trinajstić information content (AvgIpc) is 3.17. The minimum atomic E-state index is -0.296. The highest BCUT2D eigenvalue weighted by Crippen LogP contribution is 2.51. The fraction of sp³-hybridized carbons (Fsp3) is 0.385. The normalized spacial score (nSPS) is 22.1. The Kier molecular flexibility index (Phi) is 3.95. The van der Waals surface area contributed by atoms with Crippen molar-refractivity contribution < 1.29 is 4.42 Å². The molecule has 2 unspecified atom stereocenters. The molecule has 2 atom stereocenters. The molecule has 0 fully saturated rings. The van der Waals surface area contributed by atoms with Gasteiger partial charge in [0.15, 0.2) is 0 Å². The number of para-hydroxylation sites is 1. The average molecular weight is 431 g/mol. The number of rotatable bonds is 1. The second-order valence-electron chi connectivity index (χ2n) is 9.88. The Balaban J connectivity index is 1.66. The van der Waals surface area contributed by atoms with E-state index in [4.69, 9.17) is 9.40 Å². The molecule has 0 saturated carbocycles. The molecule has 4 aromatic rings. The Hall–Kier alpha value is -2.66. The zero-order chi connectivity index (χ0) is 21.5. The van der Waals surface area contributed by atoms with Crippen molar-refractivity contribution in [3.05, 3.63) is 57.9 Å². The molecule has 0 radical (unpaired) electrons. The fourth-order valence-corrected chi connectivity index (χ4v) is 6.30. The van der Waals surface area contributed by atoms with Crippen molar-refractivity contribution in [1.29, 1.82) is 0 Å². The van der Waals surface area contributed by atoms with Gasteiger partial charge in [0.05, 0.1) is 15.8 Å². The Morgan fingerprint density at radius 1 is 1.19 bits per heavy atom. The molecule has 4 heterocycles. The topological polar surface area (TPSA) is 46.3 Å². The maximum absolute atomic E-state index is 13.1. The van der Waals surface area contributed by atoms with Crippen molar-refractivity contribution in [2.45, 2.75) is 45.4 Å². The molecule has 2 aliphatic rings. The van der Waals surface area contributed by atoms with E-state index in [2.05, 4.69) is 38.7 Å². The van der Waals surface area contributed by atoms with Gasteiger partial charge in [0.1, 0.15) is 10.6 Å². The summed E-state index contributed by atoms with van der Waals surface area (Å²) in [4.78, 5) is 20.4. The highest BCUT2D eigenvalue weighted by atomic mass is 32.1. The Morgan fingerprint density at radius 3 is 2.81 bits per heavy atom. The summed E-state index contributed by atoms with van der Waals surface area (Å²) in [6, 6.07) is 12.3. The zero-order valence-electron chi connectivity index (χ0n) is 18.4. The van der Waals surface area contributed by atoms with E-state index in [9.17, 15) is 4.79 Å². The first-order valence-electron chi connectivity index (χ1n) is 11.1. The number of fused-ring (bicyclic) bond motifs is 3. The van der Waals surface area contributed by atoms with Gasteiger partial charge < -0.3 is 9.32 Å². The molecule has 0 N–H and O–H groups in total. The molecule has 5 heteroatoms. The van der Waals surface area contributed by atoms with Crippen LogP contribution >= 0.6 is 11.3 Å². The summed E-state index contributed by atoms with van der Waals surface area (Å²) in [6.07, 6.45) is 1.13. The Morgan fingerprint density at radius 2 is 2.00 bits per heavy atom. The van der Waals surface area contributed by atoms with E-state index in [1.54, 1.807) is 11.3 Å². The van der Waals surface area contributed by atoms with E-state index in [0.717, 1.165) is 45.7 Å². The van der Waals surface area contributed by atoms with Crippen LogP contribution < -0.4 is 10.5 Å². The van der Waals surface area contributed by atoms with Gasteiger partial charge in [0.25, 0.3) is 0 Å². The second-order valence-corrected chi connectivity index (χ2v) is 10.9. The van der Waals surface area contributed by atoms with Crippen LogP contribution in [0.3, 0.4) is 0 Å². The third-order valence-electron chi connectivity index (χ3n) is 7.43. The lowest BCUT2D eigenvalue weighted by atomic mass is 9.71.